The van der Waals surface area contributed by atoms with Crippen LogP contribution in [0.15, 0.2) is 111 Å². The van der Waals surface area contributed by atoms with Gasteiger partial charge in [-0.1, -0.05) is 65.7 Å². The molecule has 200 valence electrons. The lowest BCUT2D eigenvalue weighted by atomic mass is 10.0. The molecule has 4 aromatic rings. The Labute approximate surface area is 224 Å². The van der Waals surface area contributed by atoms with Crippen LogP contribution in [0.2, 0.25) is 0 Å². The van der Waals surface area contributed by atoms with E-state index < -0.39 is 26.2 Å². The molecule has 0 fully saturated rings. The molecule has 0 unspecified atom stereocenters. The zero-order chi connectivity index (χ0) is 27.2. The highest BCUT2D eigenvalue weighted by Crippen LogP contribution is 2.32. The monoisotopic (exact) mass is 553 g/mol. The highest BCUT2D eigenvalue weighted by molar-refractivity contribution is 7.89. The third kappa shape index (κ3) is 6.79. The molecule has 0 saturated carbocycles. The highest BCUT2D eigenvalue weighted by Gasteiger charge is 2.34. The zero-order valence-corrected chi connectivity index (χ0v) is 23.0. The van der Waals surface area contributed by atoms with Gasteiger partial charge in [-0.3, -0.25) is 4.18 Å². The van der Waals surface area contributed by atoms with Crippen LogP contribution >= 0.6 is 0 Å². The van der Waals surface area contributed by atoms with Gasteiger partial charge in [-0.25, -0.2) is 8.42 Å². The predicted octanol–water partition coefficient (Wildman–Crippen LogP) is 5.67. The maximum atomic E-state index is 13.9. The molecule has 0 saturated heterocycles. The van der Waals surface area contributed by atoms with Gasteiger partial charge in [0, 0.05) is 6.54 Å². The Balaban J connectivity index is 1.64. The molecule has 0 bridgehead atoms. The fourth-order valence-electron chi connectivity index (χ4n) is 4.16. The van der Waals surface area contributed by atoms with E-state index in [9.17, 15) is 16.8 Å². The molecular formula is C29H31NO6S2. The number of rotatable bonds is 12. The van der Waals surface area contributed by atoms with Crippen LogP contribution in [-0.4, -0.2) is 34.3 Å². The van der Waals surface area contributed by atoms with E-state index in [1.807, 2.05) is 44.2 Å². The summed E-state index contributed by atoms with van der Waals surface area (Å²) in [5, 5.41) is 0. The smallest absolute Gasteiger partial charge is 0.297 e. The molecule has 9 heteroatoms. The van der Waals surface area contributed by atoms with E-state index in [1.165, 1.54) is 22.7 Å². The zero-order valence-electron chi connectivity index (χ0n) is 21.4. The van der Waals surface area contributed by atoms with Crippen LogP contribution in [0.5, 0.6) is 0 Å². The van der Waals surface area contributed by atoms with Crippen molar-refractivity contribution in [3.05, 3.63) is 120 Å². The summed E-state index contributed by atoms with van der Waals surface area (Å²) in [5.41, 5.74) is 2.89. The van der Waals surface area contributed by atoms with Crippen molar-refractivity contribution in [2.24, 2.45) is 0 Å². The number of hydrogen-bond acceptors (Lipinski definition) is 6. The minimum absolute atomic E-state index is 0.0164. The summed E-state index contributed by atoms with van der Waals surface area (Å²) in [4.78, 5) is 0.128. The minimum atomic E-state index is -4.07. The fourth-order valence-corrected chi connectivity index (χ4v) is 6.67. The van der Waals surface area contributed by atoms with E-state index in [2.05, 4.69) is 0 Å². The summed E-state index contributed by atoms with van der Waals surface area (Å²) in [6.07, 6.45) is 2.52. The molecule has 4 rings (SSSR count). The van der Waals surface area contributed by atoms with Gasteiger partial charge in [0.25, 0.3) is 10.1 Å². The fraction of sp³-hybridized carbons (Fsp3) is 0.241. The van der Waals surface area contributed by atoms with E-state index >= 15 is 0 Å². The molecule has 0 radical (unpaired) electrons. The first-order chi connectivity index (χ1) is 18.2. The number of hydrogen-bond donors (Lipinski definition) is 0. The Kier molecular flexibility index (Phi) is 8.83. The molecule has 0 aliphatic rings. The summed E-state index contributed by atoms with van der Waals surface area (Å²) in [5.74, 6) is 0.470. The SMILES string of the molecule is Cc1ccc(S(=O)(=O)OCCN([C@H](CCc2ccccc2)c2ccco2)S(=O)(=O)c2ccc(C)cc2)cc1. The Morgan fingerprint density at radius 2 is 1.37 bits per heavy atom. The number of aryl methyl sites for hydroxylation is 3. The van der Waals surface area contributed by atoms with E-state index in [4.69, 9.17) is 8.60 Å². The molecule has 0 N–H and O–H groups in total. The van der Waals surface area contributed by atoms with Crippen LogP contribution in [0, 0.1) is 13.8 Å². The third-order valence-corrected chi connectivity index (χ3v) is 9.50. The van der Waals surface area contributed by atoms with Gasteiger partial charge in [0.05, 0.1) is 28.7 Å². The second-order valence-corrected chi connectivity index (χ2v) is 12.6. The topological polar surface area (TPSA) is 93.9 Å². The highest BCUT2D eigenvalue weighted by atomic mass is 32.2. The van der Waals surface area contributed by atoms with E-state index in [0.29, 0.717) is 18.6 Å². The normalized spacial score (nSPS) is 13.0. The Hall–Kier alpha value is -3.24. The first-order valence-electron chi connectivity index (χ1n) is 12.3. The summed E-state index contributed by atoms with van der Waals surface area (Å²) in [7, 11) is -8.11. The number of nitrogens with zero attached hydrogens (tertiary/aromatic N) is 1. The number of benzene rings is 3. The first-order valence-corrected chi connectivity index (χ1v) is 15.1. The maximum absolute atomic E-state index is 13.9. The molecule has 3 aromatic carbocycles. The summed E-state index contributed by atoms with van der Waals surface area (Å²) >= 11 is 0. The molecule has 1 aromatic heterocycles. The molecule has 1 heterocycles. The molecule has 7 nitrogen and oxygen atoms in total. The van der Waals surface area contributed by atoms with Gasteiger partial charge >= 0.3 is 0 Å². The van der Waals surface area contributed by atoms with Crippen molar-refractivity contribution >= 4 is 20.1 Å². The van der Waals surface area contributed by atoms with Crippen molar-refractivity contribution < 1.29 is 25.4 Å². The average molecular weight is 554 g/mol. The van der Waals surface area contributed by atoms with Gasteiger partial charge in [0.15, 0.2) is 0 Å². The van der Waals surface area contributed by atoms with Gasteiger partial charge in [-0.15, -0.1) is 0 Å². The van der Waals surface area contributed by atoms with Crippen molar-refractivity contribution in [1.82, 2.24) is 4.31 Å². The van der Waals surface area contributed by atoms with Crippen LogP contribution in [0.25, 0.3) is 0 Å². The summed E-state index contributed by atoms with van der Waals surface area (Å²) in [6, 6.07) is 25.4. The van der Waals surface area contributed by atoms with Crippen molar-refractivity contribution in [2.45, 2.75) is 42.5 Å². The van der Waals surface area contributed by atoms with Gasteiger partial charge in [0.2, 0.25) is 10.0 Å². The van der Waals surface area contributed by atoms with Crippen LogP contribution in [0.1, 0.15) is 34.9 Å². The van der Waals surface area contributed by atoms with Gasteiger partial charge in [0.1, 0.15) is 5.76 Å². The molecule has 0 spiro atoms. The lowest BCUT2D eigenvalue weighted by Crippen LogP contribution is -2.38. The minimum Gasteiger partial charge on any atom is -0.468 e. The predicted molar refractivity (Wildman–Crippen MR) is 146 cm³/mol. The second kappa shape index (κ2) is 12.1. The molecule has 0 aliphatic carbocycles. The van der Waals surface area contributed by atoms with Crippen molar-refractivity contribution in [3.63, 3.8) is 0 Å². The van der Waals surface area contributed by atoms with Crippen molar-refractivity contribution in [1.29, 1.82) is 0 Å². The lowest BCUT2D eigenvalue weighted by molar-refractivity contribution is 0.221. The van der Waals surface area contributed by atoms with Crippen LogP contribution in [-0.2, 0) is 30.7 Å². The van der Waals surface area contributed by atoms with E-state index in [-0.39, 0.29) is 22.9 Å². The van der Waals surface area contributed by atoms with E-state index in [1.54, 1.807) is 48.5 Å². The first kappa shape index (κ1) is 27.8. The third-order valence-electron chi connectivity index (χ3n) is 6.26. The quantitative estimate of drug-likeness (QED) is 0.210. The van der Waals surface area contributed by atoms with E-state index in [0.717, 1.165) is 16.7 Å². The molecule has 0 aliphatic heterocycles. The molecular weight excluding hydrogens is 522 g/mol. The lowest BCUT2D eigenvalue weighted by Gasteiger charge is -2.30. The largest absolute Gasteiger partial charge is 0.468 e. The average Bonchev–Trinajstić information content (AvgIpc) is 3.44. The van der Waals surface area contributed by atoms with Crippen LogP contribution < -0.4 is 0 Å². The summed E-state index contributed by atoms with van der Waals surface area (Å²) in [6.45, 7) is 3.18. The van der Waals surface area contributed by atoms with Gasteiger partial charge in [-0.2, -0.15) is 12.7 Å². The maximum Gasteiger partial charge on any atom is 0.297 e. The van der Waals surface area contributed by atoms with Crippen molar-refractivity contribution in [2.75, 3.05) is 13.2 Å². The number of sulfonamides is 1. The Morgan fingerprint density at radius 3 is 1.95 bits per heavy atom. The molecule has 38 heavy (non-hydrogen) atoms. The van der Waals surface area contributed by atoms with Crippen LogP contribution in [0.3, 0.4) is 0 Å². The van der Waals surface area contributed by atoms with Gasteiger partial charge < -0.3 is 4.42 Å². The second-order valence-electron chi connectivity index (χ2n) is 9.07. The standard InChI is InChI=1S/C29H31NO6S2/c1-23-10-15-26(16-11-23)37(31,32)30(20-22-36-38(33,34)27-17-12-24(2)13-18-27)28(29-9-6-21-35-29)19-14-25-7-4-3-5-8-25/h3-13,15-18,21,28H,14,19-20,22H2,1-2H3/t28-/m1/s1. The Bertz CT molecular complexity index is 1520. The van der Waals surface area contributed by atoms with Gasteiger partial charge in [-0.05, 0) is 68.7 Å². The van der Waals surface area contributed by atoms with Crippen molar-refractivity contribution in [3.8, 4) is 0 Å². The Morgan fingerprint density at radius 1 is 0.763 bits per heavy atom. The molecule has 0 amide bonds. The molecule has 1 atom stereocenters. The number of furan rings is 1. The summed E-state index contributed by atoms with van der Waals surface area (Å²) < 4.78 is 65.7. The van der Waals surface area contributed by atoms with Crippen LogP contribution in [0.4, 0.5) is 0 Å².